The topological polar surface area (TPSA) is 59.9 Å². The van der Waals surface area contributed by atoms with Gasteiger partial charge in [0.15, 0.2) is 0 Å². The molecule has 118 valence electrons. The zero-order valence-corrected chi connectivity index (χ0v) is 13.4. The molecule has 0 atom stereocenters. The van der Waals surface area contributed by atoms with Crippen LogP contribution in [-0.2, 0) is 0 Å². The monoisotopic (exact) mass is 308 g/mol. The summed E-state index contributed by atoms with van der Waals surface area (Å²) in [4.78, 5) is 4.38. The Balaban J connectivity index is 1.55. The summed E-state index contributed by atoms with van der Waals surface area (Å²) >= 11 is 0. The lowest BCUT2D eigenvalue weighted by Crippen LogP contribution is -2.13. The second-order valence-corrected chi connectivity index (χ2v) is 5.60. The zero-order valence-electron chi connectivity index (χ0n) is 13.4. The standard InChI is InChI=1S/C18H20N4O/c1-13(2)15-8-9-17(22-21-15)19-11-12-23-16-7-3-5-14-6-4-10-20-18(14)16/h3-10,13H,11-12H2,1-2H3,(H,19,22). The van der Waals surface area contributed by atoms with Crippen molar-refractivity contribution in [2.75, 3.05) is 18.5 Å². The number of benzene rings is 1. The summed E-state index contributed by atoms with van der Waals surface area (Å²) in [7, 11) is 0. The molecule has 0 fully saturated rings. The first-order chi connectivity index (χ1) is 11.2. The van der Waals surface area contributed by atoms with Gasteiger partial charge in [0.1, 0.15) is 23.7 Å². The first-order valence-electron chi connectivity index (χ1n) is 7.78. The maximum absolute atomic E-state index is 5.83. The molecule has 3 aromatic rings. The first kappa shape index (κ1) is 15.2. The van der Waals surface area contributed by atoms with Gasteiger partial charge >= 0.3 is 0 Å². The maximum Gasteiger partial charge on any atom is 0.148 e. The molecule has 0 radical (unpaired) electrons. The van der Waals surface area contributed by atoms with E-state index in [4.69, 9.17) is 4.74 Å². The Hall–Kier alpha value is -2.69. The van der Waals surface area contributed by atoms with Crippen molar-refractivity contribution in [2.45, 2.75) is 19.8 Å². The lowest BCUT2D eigenvalue weighted by atomic mass is 10.1. The predicted molar refractivity (Wildman–Crippen MR) is 91.8 cm³/mol. The van der Waals surface area contributed by atoms with Crippen LogP contribution in [0.3, 0.4) is 0 Å². The number of ether oxygens (including phenoxy) is 1. The molecule has 0 saturated carbocycles. The van der Waals surface area contributed by atoms with Gasteiger partial charge in [-0.3, -0.25) is 4.98 Å². The van der Waals surface area contributed by atoms with Gasteiger partial charge < -0.3 is 10.1 Å². The van der Waals surface area contributed by atoms with Crippen LogP contribution in [0.25, 0.3) is 10.9 Å². The van der Waals surface area contributed by atoms with Crippen molar-refractivity contribution in [3.8, 4) is 5.75 Å². The number of para-hydroxylation sites is 1. The molecule has 5 nitrogen and oxygen atoms in total. The smallest absolute Gasteiger partial charge is 0.148 e. The Kier molecular flexibility index (Phi) is 4.66. The first-order valence-corrected chi connectivity index (χ1v) is 7.78. The van der Waals surface area contributed by atoms with E-state index in [1.54, 1.807) is 6.20 Å². The van der Waals surface area contributed by atoms with Crippen molar-refractivity contribution in [3.63, 3.8) is 0 Å². The normalized spacial score (nSPS) is 10.9. The molecular weight excluding hydrogens is 288 g/mol. The molecule has 0 aliphatic carbocycles. The van der Waals surface area contributed by atoms with E-state index >= 15 is 0 Å². The van der Waals surface area contributed by atoms with Gasteiger partial charge in [0.25, 0.3) is 0 Å². The summed E-state index contributed by atoms with van der Waals surface area (Å²) in [6.07, 6.45) is 1.78. The predicted octanol–water partition coefficient (Wildman–Crippen LogP) is 3.64. The molecule has 3 rings (SSSR count). The van der Waals surface area contributed by atoms with Crippen molar-refractivity contribution < 1.29 is 4.74 Å². The minimum absolute atomic E-state index is 0.388. The fraction of sp³-hybridized carbons (Fsp3) is 0.278. The Bertz CT molecular complexity index is 766. The van der Waals surface area contributed by atoms with Crippen LogP contribution in [0, 0.1) is 0 Å². The Morgan fingerprint density at radius 1 is 1.04 bits per heavy atom. The molecule has 2 aromatic heterocycles. The van der Waals surface area contributed by atoms with E-state index in [0.29, 0.717) is 19.1 Å². The van der Waals surface area contributed by atoms with Gasteiger partial charge in [-0.2, -0.15) is 5.10 Å². The highest BCUT2D eigenvalue weighted by molar-refractivity contribution is 5.84. The van der Waals surface area contributed by atoms with Gasteiger partial charge in [-0.05, 0) is 30.2 Å². The second kappa shape index (κ2) is 7.05. The van der Waals surface area contributed by atoms with E-state index in [-0.39, 0.29) is 0 Å². The highest BCUT2D eigenvalue weighted by atomic mass is 16.5. The van der Waals surface area contributed by atoms with E-state index < -0.39 is 0 Å². The van der Waals surface area contributed by atoms with Crippen LogP contribution in [0.5, 0.6) is 5.75 Å². The van der Waals surface area contributed by atoms with E-state index in [9.17, 15) is 0 Å². The third kappa shape index (κ3) is 3.74. The van der Waals surface area contributed by atoms with Gasteiger partial charge in [-0.1, -0.05) is 32.0 Å². The number of aromatic nitrogens is 3. The van der Waals surface area contributed by atoms with E-state index in [2.05, 4.69) is 34.3 Å². The minimum Gasteiger partial charge on any atom is -0.489 e. The molecule has 0 saturated heterocycles. The molecule has 0 spiro atoms. The number of anilines is 1. The van der Waals surface area contributed by atoms with Gasteiger partial charge in [0.2, 0.25) is 0 Å². The molecule has 0 unspecified atom stereocenters. The summed E-state index contributed by atoms with van der Waals surface area (Å²) in [5, 5.41) is 12.6. The Morgan fingerprint density at radius 2 is 1.91 bits per heavy atom. The maximum atomic E-state index is 5.83. The van der Waals surface area contributed by atoms with Crippen LogP contribution < -0.4 is 10.1 Å². The SMILES string of the molecule is CC(C)c1ccc(NCCOc2cccc3cccnc23)nn1. The Morgan fingerprint density at radius 3 is 2.70 bits per heavy atom. The number of hydrogen-bond acceptors (Lipinski definition) is 5. The van der Waals surface area contributed by atoms with E-state index in [1.165, 1.54) is 0 Å². The number of nitrogens with zero attached hydrogens (tertiary/aromatic N) is 3. The third-order valence-corrected chi connectivity index (χ3v) is 3.54. The molecular formula is C18H20N4O. The number of pyridine rings is 1. The molecule has 1 aromatic carbocycles. The third-order valence-electron chi connectivity index (χ3n) is 3.54. The van der Waals surface area contributed by atoms with Crippen molar-refractivity contribution >= 4 is 16.7 Å². The van der Waals surface area contributed by atoms with Crippen LogP contribution >= 0.6 is 0 Å². The fourth-order valence-electron chi connectivity index (χ4n) is 2.28. The van der Waals surface area contributed by atoms with Crippen molar-refractivity contribution in [1.82, 2.24) is 15.2 Å². The molecule has 0 bridgehead atoms. The molecule has 1 N–H and O–H groups in total. The lowest BCUT2D eigenvalue weighted by molar-refractivity contribution is 0.336. The molecule has 0 amide bonds. The highest BCUT2D eigenvalue weighted by Gasteiger charge is 2.03. The van der Waals surface area contributed by atoms with Crippen LogP contribution in [-0.4, -0.2) is 28.3 Å². The van der Waals surface area contributed by atoms with Crippen LogP contribution in [0.1, 0.15) is 25.5 Å². The van der Waals surface area contributed by atoms with Gasteiger partial charge in [0, 0.05) is 11.6 Å². The van der Waals surface area contributed by atoms with Gasteiger partial charge in [-0.25, -0.2) is 0 Å². The average molecular weight is 308 g/mol. The zero-order chi connectivity index (χ0) is 16.1. The molecule has 0 aliphatic heterocycles. The van der Waals surface area contributed by atoms with Crippen LogP contribution in [0.15, 0.2) is 48.7 Å². The van der Waals surface area contributed by atoms with Crippen molar-refractivity contribution in [3.05, 3.63) is 54.4 Å². The quantitative estimate of drug-likeness (QED) is 0.704. The molecule has 5 heteroatoms. The number of nitrogens with one attached hydrogen (secondary N) is 1. The largest absolute Gasteiger partial charge is 0.489 e. The summed E-state index contributed by atoms with van der Waals surface area (Å²) in [6, 6.07) is 13.8. The van der Waals surface area contributed by atoms with Crippen molar-refractivity contribution in [1.29, 1.82) is 0 Å². The summed E-state index contributed by atoms with van der Waals surface area (Å²) in [6.45, 7) is 5.38. The minimum atomic E-state index is 0.388. The lowest BCUT2D eigenvalue weighted by Gasteiger charge is -2.10. The van der Waals surface area contributed by atoms with Gasteiger partial charge in [0.05, 0.1) is 12.2 Å². The summed E-state index contributed by atoms with van der Waals surface area (Å²) < 4.78 is 5.83. The molecule has 23 heavy (non-hydrogen) atoms. The summed E-state index contributed by atoms with van der Waals surface area (Å²) in [5.74, 6) is 1.94. The second-order valence-electron chi connectivity index (χ2n) is 5.60. The Labute approximate surface area is 135 Å². The van der Waals surface area contributed by atoms with Crippen LogP contribution in [0.4, 0.5) is 5.82 Å². The number of fused-ring (bicyclic) bond motifs is 1. The number of rotatable bonds is 6. The molecule has 2 heterocycles. The van der Waals surface area contributed by atoms with E-state index in [0.717, 1.165) is 28.2 Å². The average Bonchev–Trinajstić information content (AvgIpc) is 2.59. The van der Waals surface area contributed by atoms with Crippen LogP contribution in [0.2, 0.25) is 0 Å². The van der Waals surface area contributed by atoms with Crippen molar-refractivity contribution in [2.24, 2.45) is 0 Å². The number of hydrogen-bond donors (Lipinski definition) is 1. The van der Waals surface area contributed by atoms with E-state index in [1.807, 2.05) is 42.5 Å². The van der Waals surface area contributed by atoms with Gasteiger partial charge in [-0.15, -0.1) is 5.10 Å². The summed E-state index contributed by atoms with van der Waals surface area (Å²) in [5.41, 5.74) is 1.88. The molecule has 0 aliphatic rings. The highest BCUT2D eigenvalue weighted by Crippen LogP contribution is 2.22. The fourth-order valence-corrected chi connectivity index (χ4v) is 2.28.